The van der Waals surface area contributed by atoms with Gasteiger partial charge in [0, 0.05) is 18.5 Å². The molecule has 1 aliphatic rings. The first-order valence-corrected chi connectivity index (χ1v) is 6.88. The summed E-state index contributed by atoms with van der Waals surface area (Å²) in [5.74, 6) is 0.916. The molecule has 2 nitrogen and oxygen atoms in total. The normalized spacial score (nSPS) is 24.1. The van der Waals surface area contributed by atoms with Crippen LogP contribution in [0.15, 0.2) is 0 Å². The maximum Gasteiger partial charge on any atom is 0.143 e. The van der Waals surface area contributed by atoms with E-state index in [2.05, 4.69) is 41.6 Å². The second kappa shape index (κ2) is 5.44. The van der Waals surface area contributed by atoms with Crippen LogP contribution in [-0.2, 0) is 4.79 Å². The third kappa shape index (κ3) is 4.23. The van der Waals surface area contributed by atoms with Gasteiger partial charge in [-0.15, -0.1) is 0 Å². The molecule has 3 heteroatoms. The number of alkyl halides is 1. The van der Waals surface area contributed by atoms with Crippen LogP contribution >= 0.6 is 15.9 Å². The number of piperidine rings is 1. The number of hydrogen-bond acceptors (Lipinski definition) is 2. The second-order valence-corrected chi connectivity index (χ2v) is 6.06. The standard InChI is InChI=1S/C12H22BrNO/c1-12(2,3)14-6-4-5-10(9-14)7-11(15)8-13/h10H,4-9H2,1-3H3. The number of halogens is 1. The maximum absolute atomic E-state index is 11.4. The van der Waals surface area contributed by atoms with Gasteiger partial charge >= 0.3 is 0 Å². The van der Waals surface area contributed by atoms with Crippen molar-refractivity contribution in [1.82, 2.24) is 4.90 Å². The van der Waals surface area contributed by atoms with Gasteiger partial charge in [0.25, 0.3) is 0 Å². The van der Waals surface area contributed by atoms with Crippen molar-refractivity contribution in [2.24, 2.45) is 5.92 Å². The topological polar surface area (TPSA) is 20.3 Å². The van der Waals surface area contributed by atoms with Gasteiger partial charge in [-0.1, -0.05) is 15.9 Å². The Labute approximate surface area is 102 Å². The largest absolute Gasteiger partial charge is 0.299 e. The molecule has 0 radical (unpaired) electrons. The minimum Gasteiger partial charge on any atom is -0.299 e. The smallest absolute Gasteiger partial charge is 0.143 e. The van der Waals surface area contributed by atoms with Crippen molar-refractivity contribution in [3.63, 3.8) is 0 Å². The van der Waals surface area contributed by atoms with Crippen LogP contribution in [0.25, 0.3) is 0 Å². The van der Waals surface area contributed by atoms with Crippen LogP contribution in [0.3, 0.4) is 0 Å². The van der Waals surface area contributed by atoms with Crippen molar-refractivity contribution in [2.45, 2.75) is 45.6 Å². The quantitative estimate of drug-likeness (QED) is 0.739. The van der Waals surface area contributed by atoms with Crippen LogP contribution in [-0.4, -0.2) is 34.6 Å². The molecule has 1 aliphatic heterocycles. The average Bonchev–Trinajstić information content (AvgIpc) is 2.17. The minimum absolute atomic E-state index is 0.246. The summed E-state index contributed by atoms with van der Waals surface area (Å²) in [6.45, 7) is 9.02. The zero-order valence-electron chi connectivity index (χ0n) is 10.1. The number of rotatable bonds is 3. The molecular formula is C12H22BrNO. The van der Waals surface area contributed by atoms with E-state index in [-0.39, 0.29) is 5.54 Å². The van der Waals surface area contributed by atoms with Gasteiger partial charge in [-0.25, -0.2) is 0 Å². The number of carbonyl (C=O) groups is 1. The highest BCUT2D eigenvalue weighted by molar-refractivity contribution is 9.09. The fourth-order valence-electron chi connectivity index (χ4n) is 2.22. The van der Waals surface area contributed by atoms with Gasteiger partial charge in [-0.05, 0) is 46.1 Å². The van der Waals surface area contributed by atoms with Gasteiger partial charge < -0.3 is 0 Å². The lowest BCUT2D eigenvalue weighted by molar-refractivity contribution is -0.118. The van der Waals surface area contributed by atoms with Gasteiger partial charge in [0.15, 0.2) is 0 Å². The summed E-state index contributed by atoms with van der Waals surface area (Å²) in [5.41, 5.74) is 0.246. The summed E-state index contributed by atoms with van der Waals surface area (Å²) in [5, 5.41) is 0.513. The molecule has 0 spiro atoms. The number of likely N-dealkylation sites (tertiary alicyclic amines) is 1. The molecule has 1 heterocycles. The molecule has 0 amide bonds. The molecule has 1 unspecified atom stereocenters. The molecule has 88 valence electrons. The van der Waals surface area contributed by atoms with Gasteiger partial charge in [-0.3, -0.25) is 9.69 Å². The predicted octanol–water partition coefficient (Wildman–Crippen LogP) is 2.85. The molecule has 0 bridgehead atoms. The lowest BCUT2D eigenvalue weighted by Gasteiger charge is -2.41. The fraction of sp³-hybridized carbons (Fsp3) is 0.917. The highest BCUT2D eigenvalue weighted by Crippen LogP contribution is 2.25. The van der Waals surface area contributed by atoms with E-state index in [1.165, 1.54) is 19.4 Å². The molecule has 0 aromatic rings. The summed E-state index contributed by atoms with van der Waals surface area (Å²) in [6.07, 6.45) is 3.20. The Balaban J connectivity index is 2.46. The van der Waals surface area contributed by atoms with Crippen molar-refractivity contribution < 1.29 is 4.79 Å². The molecule has 1 atom stereocenters. The van der Waals surface area contributed by atoms with E-state index in [0.717, 1.165) is 13.0 Å². The summed E-state index contributed by atoms with van der Waals surface area (Å²) in [4.78, 5) is 13.9. The number of ketones is 1. The summed E-state index contributed by atoms with van der Waals surface area (Å²) in [6, 6.07) is 0. The van der Waals surface area contributed by atoms with E-state index < -0.39 is 0 Å². The number of Topliss-reactive ketones (excluding diaryl/α,β-unsaturated/α-hetero) is 1. The minimum atomic E-state index is 0.246. The Morgan fingerprint density at radius 1 is 1.47 bits per heavy atom. The monoisotopic (exact) mass is 275 g/mol. The van der Waals surface area contributed by atoms with Crippen molar-refractivity contribution in [3.8, 4) is 0 Å². The van der Waals surface area contributed by atoms with Crippen molar-refractivity contribution >= 4 is 21.7 Å². The van der Waals surface area contributed by atoms with E-state index in [4.69, 9.17) is 0 Å². The second-order valence-electron chi connectivity index (χ2n) is 5.50. The average molecular weight is 276 g/mol. The van der Waals surface area contributed by atoms with Crippen LogP contribution in [0, 0.1) is 5.92 Å². The summed E-state index contributed by atoms with van der Waals surface area (Å²) < 4.78 is 0. The molecule has 0 aromatic heterocycles. The third-order valence-electron chi connectivity index (χ3n) is 3.13. The van der Waals surface area contributed by atoms with E-state index in [9.17, 15) is 4.79 Å². The lowest BCUT2D eigenvalue weighted by Crippen LogP contribution is -2.47. The van der Waals surface area contributed by atoms with Gasteiger partial charge in [-0.2, -0.15) is 0 Å². The lowest BCUT2D eigenvalue weighted by atomic mass is 9.90. The Bertz CT molecular complexity index is 222. The van der Waals surface area contributed by atoms with Crippen LogP contribution in [0.4, 0.5) is 0 Å². The van der Waals surface area contributed by atoms with Gasteiger partial charge in [0.1, 0.15) is 5.78 Å². The number of hydrogen-bond donors (Lipinski definition) is 0. The van der Waals surface area contributed by atoms with Crippen LogP contribution in [0.2, 0.25) is 0 Å². The van der Waals surface area contributed by atoms with Crippen LogP contribution in [0.1, 0.15) is 40.0 Å². The van der Waals surface area contributed by atoms with Crippen LogP contribution in [0.5, 0.6) is 0 Å². The molecule has 15 heavy (non-hydrogen) atoms. The first-order chi connectivity index (χ1) is 6.93. The first-order valence-electron chi connectivity index (χ1n) is 5.76. The molecule has 0 aromatic carbocycles. The SMILES string of the molecule is CC(C)(C)N1CCCC(CC(=O)CBr)C1. The maximum atomic E-state index is 11.4. The van der Waals surface area contributed by atoms with Gasteiger partial charge in [0.05, 0.1) is 5.33 Å². The van der Waals surface area contributed by atoms with E-state index in [1.54, 1.807) is 0 Å². The molecule has 0 aliphatic carbocycles. The summed E-state index contributed by atoms with van der Waals surface area (Å²) in [7, 11) is 0. The highest BCUT2D eigenvalue weighted by Gasteiger charge is 2.28. The van der Waals surface area contributed by atoms with Gasteiger partial charge in [0.2, 0.25) is 0 Å². The fourth-order valence-corrected chi connectivity index (χ4v) is 2.45. The van der Waals surface area contributed by atoms with Crippen LogP contribution < -0.4 is 0 Å². The van der Waals surface area contributed by atoms with E-state index >= 15 is 0 Å². The van der Waals surface area contributed by atoms with Crippen molar-refractivity contribution in [3.05, 3.63) is 0 Å². The van der Waals surface area contributed by atoms with Crippen molar-refractivity contribution in [2.75, 3.05) is 18.4 Å². The highest BCUT2D eigenvalue weighted by atomic mass is 79.9. The Hall–Kier alpha value is 0.110. The number of nitrogens with zero attached hydrogens (tertiary/aromatic N) is 1. The zero-order chi connectivity index (χ0) is 11.5. The first kappa shape index (κ1) is 13.2. The zero-order valence-corrected chi connectivity index (χ0v) is 11.6. The molecule has 1 fully saturated rings. The molecule has 1 rings (SSSR count). The Morgan fingerprint density at radius 2 is 2.13 bits per heavy atom. The third-order valence-corrected chi connectivity index (χ3v) is 3.76. The Morgan fingerprint density at radius 3 is 2.67 bits per heavy atom. The van der Waals surface area contributed by atoms with Crippen molar-refractivity contribution in [1.29, 1.82) is 0 Å². The van der Waals surface area contributed by atoms with E-state index in [0.29, 0.717) is 17.0 Å². The number of carbonyl (C=O) groups excluding carboxylic acids is 1. The molecule has 1 saturated heterocycles. The molecular weight excluding hydrogens is 254 g/mol. The van der Waals surface area contributed by atoms with E-state index in [1.807, 2.05) is 0 Å². The summed E-state index contributed by atoms with van der Waals surface area (Å²) >= 11 is 3.23. The molecule has 0 N–H and O–H groups in total. The Kier molecular flexibility index (Phi) is 4.78. The predicted molar refractivity (Wildman–Crippen MR) is 67.5 cm³/mol. The molecule has 0 saturated carbocycles.